The van der Waals surface area contributed by atoms with Crippen LogP contribution in [0.2, 0.25) is 0 Å². The second kappa shape index (κ2) is 9.56. The molecule has 0 radical (unpaired) electrons. The van der Waals surface area contributed by atoms with E-state index in [4.69, 9.17) is 47.4 Å². The fourth-order valence-electron chi connectivity index (χ4n) is 2.91. The number of methoxy groups -OCH3 is 2. The summed E-state index contributed by atoms with van der Waals surface area (Å²) in [4.78, 5) is 13.6. The highest BCUT2D eigenvalue weighted by molar-refractivity contribution is 5.76. The zero-order valence-corrected chi connectivity index (χ0v) is 16.1. The van der Waals surface area contributed by atoms with Gasteiger partial charge in [0.1, 0.15) is 12.1 Å². The summed E-state index contributed by atoms with van der Waals surface area (Å²) in [6.45, 7) is -13.1. The van der Waals surface area contributed by atoms with Crippen LogP contribution in [0.4, 0.5) is 0 Å². The number of ether oxygens (including phenoxy) is 3. The first-order valence-corrected chi connectivity index (χ1v) is 8.78. The second-order valence-corrected chi connectivity index (χ2v) is 6.89. The predicted molar refractivity (Wildman–Crippen MR) is 118 cm³/mol. The zero-order valence-electron chi connectivity index (χ0n) is 41.1. The fourth-order valence-corrected chi connectivity index (χ4v) is 2.91. The number of fused-ring (bicyclic) bond motifs is 3. The maximum Gasteiger partial charge on any atom is 0.323 e. The SMILES string of the molecule is [2H]c1c(OC([2H])([2H])[2H])c(OC([2H])([2H])[2H])c([2H])c2c1C1N(C([2H])([2H])C2([2H])[2H])C([2H])([2H])C([2H])(CC(C)C)C(OC(=O)[C@@]([2H])(N)C([2H])(C([2H])([2H])[2H])C([2H])([2H])[2H])C1([2H])[2H]. The Labute approximate surface area is 216 Å². The minimum Gasteiger partial charge on any atom is -0.493 e. The molecule has 0 amide bonds. The molecule has 6 nitrogen and oxygen atoms in total. The van der Waals surface area contributed by atoms with Crippen molar-refractivity contribution in [3.63, 3.8) is 0 Å². The Morgan fingerprint density at radius 3 is 2.80 bits per heavy atom. The van der Waals surface area contributed by atoms with Gasteiger partial charge < -0.3 is 19.9 Å². The standard InChI is InChI=1S/C24H38N2O4/c1-14(2)9-17-13-26-8-7-16-10-21(28-5)22(29-6)11-18(16)19(26)12-20(17)30-24(27)23(25)15(3)4/h10-11,14-15,17,19-20,23H,7-9,12-13,25H2,1-6H3/t17?,19?,20?,23-/m0/s1/i3D3,4D3,5D3,6D3,7D2,8D2,10D,11D,12D2,13D2,15D,17D,23D. The van der Waals surface area contributed by atoms with Crippen LogP contribution in [-0.4, -0.2) is 50.1 Å². The summed E-state index contributed by atoms with van der Waals surface area (Å²) in [5, 5.41) is 0. The summed E-state index contributed by atoms with van der Waals surface area (Å²) in [6.07, 6.45) is -11.5. The molecule has 1 aromatic rings. The third-order valence-corrected chi connectivity index (χ3v) is 4.23. The average Bonchev–Trinajstić information content (AvgIpc) is 2.92. The number of hydrogen-bond acceptors (Lipinski definition) is 6. The number of esters is 1. The lowest BCUT2D eigenvalue weighted by Gasteiger charge is -2.47. The van der Waals surface area contributed by atoms with E-state index in [9.17, 15) is 11.6 Å². The van der Waals surface area contributed by atoms with Gasteiger partial charge in [-0.2, -0.15) is 0 Å². The van der Waals surface area contributed by atoms with Crippen LogP contribution in [0.15, 0.2) is 12.1 Å². The highest BCUT2D eigenvalue weighted by Crippen LogP contribution is 2.44. The lowest BCUT2D eigenvalue weighted by molar-refractivity contribution is -0.160. The van der Waals surface area contributed by atoms with Crippen molar-refractivity contribution >= 4 is 5.97 Å². The van der Waals surface area contributed by atoms with Crippen molar-refractivity contribution in [3.8, 4) is 11.5 Å². The van der Waals surface area contributed by atoms with Crippen molar-refractivity contribution in [2.75, 3.05) is 27.1 Å². The number of rotatable bonds is 7. The van der Waals surface area contributed by atoms with Crippen molar-refractivity contribution in [2.45, 2.75) is 64.9 Å². The van der Waals surface area contributed by atoms with Crippen molar-refractivity contribution in [1.82, 2.24) is 4.90 Å². The van der Waals surface area contributed by atoms with Crippen molar-refractivity contribution < 1.29 is 53.3 Å². The number of nitrogens with two attached hydrogens (primary N) is 1. The van der Waals surface area contributed by atoms with Crippen LogP contribution >= 0.6 is 0 Å². The summed E-state index contributed by atoms with van der Waals surface area (Å²) in [5.41, 5.74) is 3.00. The third-order valence-electron chi connectivity index (χ3n) is 4.23. The smallest absolute Gasteiger partial charge is 0.323 e. The van der Waals surface area contributed by atoms with Gasteiger partial charge in [-0.3, -0.25) is 9.69 Å². The Morgan fingerprint density at radius 1 is 1.40 bits per heavy atom. The van der Waals surface area contributed by atoms with Gasteiger partial charge in [-0.05, 0) is 47.8 Å². The number of piperidine rings is 1. The summed E-state index contributed by atoms with van der Waals surface area (Å²) < 4.78 is 223. The Morgan fingerprint density at radius 2 is 2.13 bits per heavy atom. The third kappa shape index (κ3) is 4.75. The number of carbonyl (C=O) groups excluding carboxylic acids is 1. The topological polar surface area (TPSA) is 74.0 Å². The molecule has 30 heavy (non-hydrogen) atoms. The molecule has 0 bridgehead atoms. The second-order valence-electron chi connectivity index (χ2n) is 6.89. The highest BCUT2D eigenvalue weighted by Gasteiger charge is 2.41. The number of carbonyl (C=O) groups is 1. The normalized spacial score (nSPS) is 49.4. The molecule has 2 aliphatic heterocycles. The van der Waals surface area contributed by atoms with E-state index >= 15 is 0 Å². The van der Waals surface area contributed by atoms with E-state index in [1.807, 2.05) is 0 Å². The van der Waals surface area contributed by atoms with Gasteiger partial charge in [0.2, 0.25) is 0 Å². The Balaban J connectivity index is 2.60. The van der Waals surface area contributed by atoms with Gasteiger partial charge in [-0.15, -0.1) is 0 Å². The van der Waals surface area contributed by atoms with Gasteiger partial charge in [0.25, 0.3) is 0 Å². The van der Waals surface area contributed by atoms with E-state index in [1.165, 1.54) is 13.8 Å². The predicted octanol–water partition coefficient (Wildman–Crippen LogP) is 3.56. The lowest BCUT2D eigenvalue weighted by Crippen LogP contribution is -2.51. The minimum atomic E-state index is -4.24. The maximum absolute atomic E-state index is 13.8. The molecule has 1 fully saturated rings. The quantitative estimate of drug-likeness (QED) is 0.650. The minimum absolute atomic E-state index is 0.168. The molecule has 1 saturated heterocycles. The van der Waals surface area contributed by atoms with Crippen LogP contribution in [0, 0.1) is 17.7 Å². The first-order chi connectivity index (χ1) is 23.9. The molecule has 0 spiro atoms. The van der Waals surface area contributed by atoms with Crippen LogP contribution < -0.4 is 15.2 Å². The van der Waals surface area contributed by atoms with Gasteiger partial charge in [0.15, 0.2) is 11.5 Å². The van der Waals surface area contributed by atoms with Crippen molar-refractivity contribution in [1.29, 1.82) is 0 Å². The molecule has 0 saturated carbocycles. The molecule has 2 N–H and O–H groups in total. The molecule has 3 rings (SSSR count). The first kappa shape index (κ1) is 6.85. The fraction of sp³-hybridized carbons (Fsp3) is 0.708. The summed E-state index contributed by atoms with van der Waals surface area (Å²) in [5.74, 6) is -13.9. The maximum atomic E-state index is 13.8. The van der Waals surface area contributed by atoms with Gasteiger partial charge in [-0.25, -0.2) is 0 Å². The molecular formula is C24H38N2O4. The molecule has 0 aliphatic carbocycles. The molecule has 168 valence electrons. The molecule has 2 aliphatic rings. The Hall–Kier alpha value is -1.79. The van der Waals surface area contributed by atoms with Crippen LogP contribution in [0.5, 0.6) is 11.5 Å². The molecule has 4 atom stereocenters. The first-order valence-electron chi connectivity index (χ1n) is 21.3. The van der Waals surface area contributed by atoms with E-state index in [1.54, 1.807) is 0 Å². The number of nitrogens with zero attached hydrogens (tertiary/aromatic N) is 1. The van der Waals surface area contributed by atoms with E-state index < -0.39 is 136 Å². The summed E-state index contributed by atoms with van der Waals surface area (Å²) in [6, 6.07) is -10.0. The zero-order chi connectivity index (χ0) is 43.7. The van der Waals surface area contributed by atoms with Crippen molar-refractivity contribution in [3.05, 3.63) is 23.2 Å². The number of hydrogen-bond donors (Lipinski definition) is 1. The monoisotopic (exact) mass is 443 g/mol. The highest BCUT2D eigenvalue weighted by atomic mass is 16.5. The average molecular weight is 444 g/mol. The van der Waals surface area contributed by atoms with E-state index in [0.29, 0.717) is 0 Å². The van der Waals surface area contributed by atoms with E-state index in [0.717, 1.165) is 0 Å². The Kier molecular flexibility index (Phi) is 2.18. The molecule has 3 unspecified atom stereocenters. The van der Waals surface area contributed by atoms with Crippen LogP contribution in [0.1, 0.15) is 91.8 Å². The molecule has 0 aromatic heterocycles. The molecule has 6 heteroatoms. The van der Waals surface area contributed by atoms with Crippen LogP contribution in [0.25, 0.3) is 0 Å². The summed E-state index contributed by atoms with van der Waals surface area (Å²) >= 11 is 0. The van der Waals surface area contributed by atoms with Gasteiger partial charge in [0, 0.05) is 53.2 Å². The molecular weight excluding hydrogens is 380 g/mol. The summed E-state index contributed by atoms with van der Waals surface area (Å²) in [7, 11) is -7.15. The van der Waals surface area contributed by atoms with Gasteiger partial charge >= 0.3 is 5.97 Å². The van der Waals surface area contributed by atoms with Crippen LogP contribution in [0.3, 0.4) is 0 Å². The van der Waals surface area contributed by atoms with Gasteiger partial charge in [-0.1, -0.05) is 27.6 Å². The van der Waals surface area contributed by atoms with E-state index in [-0.39, 0.29) is 4.90 Å². The van der Waals surface area contributed by atoms with E-state index in [2.05, 4.69) is 0 Å². The molecule has 1 aromatic carbocycles. The van der Waals surface area contributed by atoms with Crippen molar-refractivity contribution in [2.24, 2.45) is 23.4 Å². The molecule has 2 heterocycles. The number of benzene rings is 1. The van der Waals surface area contributed by atoms with Gasteiger partial charge in [0.05, 0.1) is 26.4 Å². The lowest BCUT2D eigenvalue weighted by atomic mass is 9.79. The Bertz CT molecular complexity index is 1670. The van der Waals surface area contributed by atoms with Crippen LogP contribution in [-0.2, 0) is 15.9 Å². The largest absolute Gasteiger partial charge is 0.493 e.